The fourth-order valence-corrected chi connectivity index (χ4v) is 3.40. The van der Waals surface area contributed by atoms with E-state index in [-0.39, 0.29) is 11.4 Å². The molecule has 0 saturated carbocycles. The van der Waals surface area contributed by atoms with Gasteiger partial charge in [-0.1, -0.05) is 42.5 Å². The molecule has 1 N–H and O–H groups in total. The van der Waals surface area contributed by atoms with Crippen LogP contribution < -0.4 is 15.7 Å². The summed E-state index contributed by atoms with van der Waals surface area (Å²) >= 11 is 0. The molecule has 3 aromatic carbocycles. The molecule has 31 heavy (non-hydrogen) atoms. The Morgan fingerprint density at radius 1 is 1.03 bits per heavy atom. The molecule has 4 rings (SSSR count). The minimum absolute atomic E-state index is 0.0729. The van der Waals surface area contributed by atoms with Gasteiger partial charge >= 0.3 is 5.63 Å². The van der Waals surface area contributed by atoms with Crippen molar-refractivity contribution in [3.63, 3.8) is 0 Å². The van der Waals surface area contributed by atoms with Crippen molar-refractivity contribution < 1.29 is 18.3 Å². The third-order valence-corrected chi connectivity index (χ3v) is 5.06. The summed E-state index contributed by atoms with van der Waals surface area (Å²) in [6, 6.07) is 21.5. The molecule has 0 bridgehead atoms. The van der Waals surface area contributed by atoms with Gasteiger partial charge in [-0.2, -0.15) is 0 Å². The van der Waals surface area contributed by atoms with Gasteiger partial charge in [-0.3, -0.25) is 4.79 Å². The van der Waals surface area contributed by atoms with Gasteiger partial charge in [-0.15, -0.1) is 0 Å². The van der Waals surface area contributed by atoms with Crippen LogP contribution in [0.5, 0.6) is 5.75 Å². The van der Waals surface area contributed by atoms with Gasteiger partial charge in [0, 0.05) is 5.39 Å². The number of rotatable bonds is 6. The average molecular weight is 417 g/mol. The molecule has 0 aliphatic rings. The van der Waals surface area contributed by atoms with Crippen molar-refractivity contribution in [2.45, 2.75) is 12.5 Å². The first-order valence-corrected chi connectivity index (χ1v) is 9.75. The molecule has 5 nitrogen and oxygen atoms in total. The first kappa shape index (κ1) is 20.3. The number of ether oxygens (including phenoxy) is 1. The summed E-state index contributed by atoms with van der Waals surface area (Å²) in [7, 11) is 1.58. The van der Waals surface area contributed by atoms with Crippen molar-refractivity contribution in [1.82, 2.24) is 5.32 Å². The number of hydrogen-bond acceptors (Lipinski definition) is 4. The van der Waals surface area contributed by atoms with Gasteiger partial charge in [0.05, 0.1) is 13.2 Å². The molecule has 0 spiro atoms. The number of carbonyl (C=O) groups is 1. The Bertz CT molecular complexity index is 1260. The lowest BCUT2D eigenvalue weighted by Crippen LogP contribution is -2.33. The summed E-state index contributed by atoms with van der Waals surface area (Å²) in [5.41, 5.74) is 1.31. The molecule has 0 radical (unpaired) electrons. The fraction of sp³-hybridized carbons (Fsp3) is 0.120. The summed E-state index contributed by atoms with van der Waals surface area (Å²) in [5, 5.41) is 3.58. The maximum absolute atomic E-state index is 13.3. The van der Waals surface area contributed by atoms with E-state index in [9.17, 15) is 14.0 Å². The van der Waals surface area contributed by atoms with E-state index in [4.69, 9.17) is 9.15 Å². The molecule has 0 aliphatic carbocycles. The highest BCUT2D eigenvalue weighted by atomic mass is 19.1. The molecule has 1 amide bonds. The minimum Gasteiger partial charge on any atom is -0.497 e. The SMILES string of the molecule is COc1ccc(C(Cc2ccc(F)cc2)NC(=O)c2cc3ccccc3oc2=O)cc1. The van der Waals surface area contributed by atoms with Crippen LogP contribution in [0.3, 0.4) is 0 Å². The smallest absolute Gasteiger partial charge is 0.349 e. The Hall–Kier alpha value is -3.93. The molecule has 0 aliphatic heterocycles. The quantitative estimate of drug-likeness (QED) is 0.464. The molecule has 4 aromatic rings. The van der Waals surface area contributed by atoms with E-state index in [0.717, 1.165) is 11.1 Å². The molecule has 1 heterocycles. The van der Waals surface area contributed by atoms with Crippen LogP contribution in [0.1, 0.15) is 27.5 Å². The van der Waals surface area contributed by atoms with Gasteiger partial charge in [0.15, 0.2) is 0 Å². The molecule has 1 aromatic heterocycles. The first-order chi connectivity index (χ1) is 15.0. The minimum atomic E-state index is -0.702. The lowest BCUT2D eigenvalue weighted by molar-refractivity contribution is 0.0933. The zero-order valence-corrected chi connectivity index (χ0v) is 16.8. The van der Waals surface area contributed by atoms with Gasteiger partial charge in [0.2, 0.25) is 0 Å². The molecule has 0 fully saturated rings. The molecule has 6 heteroatoms. The summed E-state index contributed by atoms with van der Waals surface area (Å²) in [6.45, 7) is 0. The van der Waals surface area contributed by atoms with Crippen LogP contribution in [0.25, 0.3) is 11.0 Å². The Kier molecular flexibility index (Phi) is 5.80. The highest BCUT2D eigenvalue weighted by Gasteiger charge is 2.20. The Labute approximate surface area is 178 Å². The van der Waals surface area contributed by atoms with Crippen molar-refractivity contribution in [2.24, 2.45) is 0 Å². The maximum Gasteiger partial charge on any atom is 0.349 e. The van der Waals surface area contributed by atoms with Crippen LogP contribution in [0.15, 0.2) is 88.1 Å². The van der Waals surface area contributed by atoms with Crippen molar-refractivity contribution in [3.05, 3.63) is 112 Å². The highest BCUT2D eigenvalue weighted by molar-refractivity contribution is 5.96. The predicted molar refractivity (Wildman–Crippen MR) is 116 cm³/mol. The molecular formula is C25H20FNO4. The van der Waals surface area contributed by atoms with Crippen molar-refractivity contribution in [1.29, 1.82) is 0 Å². The topological polar surface area (TPSA) is 68.5 Å². The number of nitrogens with one attached hydrogen (secondary N) is 1. The van der Waals surface area contributed by atoms with E-state index in [1.807, 2.05) is 12.1 Å². The summed E-state index contributed by atoms with van der Waals surface area (Å²) in [5.74, 6) is -0.184. The Balaban J connectivity index is 1.65. The second-order valence-corrected chi connectivity index (χ2v) is 7.12. The van der Waals surface area contributed by atoms with Crippen LogP contribution in [0, 0.1) is 5.82 Å². The van der Waals surface area contributed by atoms with Crippen molar-refractivity contribution in [3.8, 4) is 5.75 Å². The fourth-order valence-electron chi connectivity index (χ4n) is 3.40. The standard InChI is InChI=1S/C25H20FNO4/c1-30-20-12-8-17(9-13-20)22(14-16-6-10-19(26)11-7-16)27-24(28)21-15-18-4-2-3-5-23(18)31-25(21)29/h2-13,15,22H,14H2,1H3,(H,27,28). The van der Waals surface area contributed by atoms with Crippen LogP contribution in [0.4, 0.5) is 4.39 Å². The molecular weight excluding hydrogens is 397 g/mol. The summed E-state index contributed by atoms with van der Waals surface area (Å²) in [6.07, 6.45) is 0.414. The summed E-state index contributed by atoms with van der Waals surface area (Å²) in [4.78, 5) is 25.4. The lowest BCUT2D eigenvalue weighted by atomic mass is 9.98. The normalized spacial score (nSPS) is 11.8. The average Bonchev–Trinajstić information content (AvgIpc) is 2.79. The number of halogens is 1. The first-order valence-electron chi connectivity index (χ1n) is 9.75. The van der Waals surface area contributed by atoms with Crippen molar-refractivity contribution >= 4 is 16.9 Å². The Morgan fingerprint density at radius 3 is 2.45 bits per heavy atom. The van der Waals surface area contributed by atoms with Crippen LogP contribution in [-0.4, -0.2) is 13.0 Å². The van der Waals surface area contributed by atoms with E-state index in [0.29, 0.717) is 23.1 Å². The third-order valence-electron chi connectivity index (χ3n) is 5.06. The zero-order chi connectivity index (χ0) is 21.8. The van der Waals surface area contributed by atoms with E-state index in [2.05, 4.69) is 5.32 Å². The Morgan fingerprint density at radius 2 is 1.74 bits per heavy atom. The second kappa shape index (κ2) is 8.83. The number of benzene rings is 3. The predicted octanol–water partition coefficient (Wildman–Crippen LogP) is 4.65. The van der Waals surface area contributed by atoms with E-state index < -0.39 is 17.6 Å². The monoisotopic (exact) mass is 417 g/mol. The number of carbonyl (C=O) groups excluding carboxylic acids is 1. The van der Waals surface area contributed by atoms with Crippen LogP contribution in [0.2, 0.25) is 0 Å². The zero-order valence-electron chi connectivity index (χ0n) is 16.8. The van der Waals surface area contributed by atoms with Crippen molar-refractivity contribution in [2.75, 3.05) is 7.11 Å². The van der Waals surface area contributed by atoms with Gasteiger partial charge in [0.25, 0.3) is 5.91 Å². The number of amides is 1. The molecule has 1 atom stereocenters. The van der Waals surface area contributed by atoms with Crippen LogP contribution in [-0.2, 0) is 6.42 Å². The number of para-hydroxylation sites is 1. The second-order valence-electron chi connectivity index (χ2n) is 7.12. The maximum atomic E-state index is 13.3. The molecule has 1 unspecified atom stereocenters. The van der Waals surface area contributed by atoms with Crippen LogP contribution >= 0.6 is 0 Å². The van der Waals surface area contributed by atoms with Gasteiger partial charge in [0.1, 0.15) is 22.7 Å². The van der Waals surface area contributed by atoms with Gasteiger partial charge in [-0.05, 0) is 53.9 Å². The largest absolute Gasteiger partial charge is 0.497 e. The van der Waals surface area contributed by atoms with Gasteiger partial charge < -0.3 is 14.5 Å². The summed E-state index contributed by atoms with van der Waals surface area (Å²) < 4.78 is 23.8. The van der Waals surface area contributed by atoms with Gasteiger partial charge in [-0.25, -0.2) is 9.18 Å². The number of methoxy groups -OCH3 is 1. The molecule has 0 saturated heterocycles. The molecule has 156 valence electrons. The lowest BCUT2D eigenvalue weighted by Gasteiger charge is -2.20. The highest BCUT2D eigenvalue weighted by Crippen LogP contribution is 2.22. The third kappa shape index (κ3) is 4.64. The van der Waals surface area contributed by atoms with E-state index in [1.165, 1.54) is 18.2 Å². The number of hydrogen-bond donors (Lipinski definition) is 1. The number of fused-ring (bicyclic) bond motifs is 1. The van der Waals surface area contributed by atoms with E-state index >= 15 is 0 Å². The van der Waals surface area contributed by atoms with E-state index in [1.54, 1.807) is 55.6 Å².